The van der Waals surface area contributed by atoms with Crippen LogP contribution in [0.25, 0.3) is 0 Å². The molecule has 0 bridgehead atoms. The van der Waals surface area contributed by atoms with Gasteiger partial charge in [-0.2, -0.15) is 0 Å². The molecule has 1 aromatic heterocycles. The van der Waals surface area contributed by atoms with Crippen molar-refractivity contribution in [1.29, 1.82) is 0 Å². The summed E-state index contributed by atoms with van der Waals surface area (Å²) in [7, 11) is 2.02. The molecule has 0 aliphatic heterocycles. The molecule has 0 saturated heterocycles. The van der Waals surface area contributed by atoms with Gasteiger partial charge >= 0.3 is 6.09 Å². The van der Waals surface area contributed by atoms with Crippen molar-refractivity contribution < 1.29 is 9.53 Å². The summed E-state index contributed by atoms with van der Waals surface area (Å²) in [6.07, 6.45) is 0.370. The lowest BCUT2D eigenvalue weighted by atomic mass is 10.1. The summed E-state index contributed by atoms with van der Waals surface area (Å²) in [4.78, 5) is 18.3. The van der Waals surface area contributed by atoms with E-state index in [0.29, 0.717) is 13.1 Å². The zero-order valence-corrected chi connectivity index (χ0v) is 14.9. The van der Waals surface area contributed by atoms with E-state index in [9.17, 15) is 4.79 Å². The molecule has 0 aromatic carbocycles. The van der Waals surface area contributed by atoms with Crippen LogP contribution in [-0.4, -0.2) is 47.8 Å². The second-order valence-corrected chi connectivity index (χ2v) is 6.79. The fourth-order valence-corrected chi connectivity index (χ4v) is 2.25. The van der Waals surface area contributed by atoms with E-state index in [2.05, 4.69) is 15.2 Å². The van der Waals surface area contributed by atoms with Crippen molar-refractivity contribution in [3.05, 3.63) is 29.6 Å². The Balaban J connectivity index is 2.42. The highest BCUT2D eigenvalue weighted by atomic mass is 16.6. The summed E-state index contributed by atoms with van der Waals surface area (Å²) < 4.78 is 5.22. The van der Waals surface area contributed by atoms with Gasteiger partial charge in [0.1, 0.15) is 5.60 Å². The SMILES string of the molecule is Cc1cccc(CN(C)C(CN)CCNC(=O)OC(C)(C)C)n1. The molecule has 1 aromatic rings. The van der Waals surface area contributed by atoms with Gasteiger partial charge < -0.3 is 15.8 Å². The summed E-state index contributed by atoms with van der Waals surface area (Å²) in [5, 5.41) is 2.77. The van der Waals surface area contributed by atoms with Gasteiger partial charge in [0.05, 0.1) is 5.69 Å². The number of carbonyl (C=O) groups is 1. The zero-order valence-electron chi connectivity index (χ0n) is 14.9. The summed E-state index contributed by atoms with van der Waals surface area (Å²) in [5.41, 5.74) is 7.41. The molecule has 1 heterocycles. The van der Waals surface area contributed by atoms with E-state index >= 15 is 0 Å². The maximum absolute atomic E-state index is 11.6. The van der Waals surface area contributed by atoms with Crippen LogP contribution >= 0.6 is 0 Å². The van der Waals surface area contributed by atoms with Gasteiger partial charge in [-0.15, -0.1) is 0 Å². The number of nitrogens with zero attached hydrogens (tertiary/aromatic N) is 2. The van der Waals surface area contributed by atoms with E-state index in [1.807, 2.05) is 52.9 Å². The number of pyridine rings is 1. The number of rotatable bonds is 7. The summed E-state index contributed by atoms with van der Waals surface area (Å²) in [6.45, 7) is 9.30. The summed E-state index contributed by atoms with van der Waals surface area (Å²) >= 11 is 0. The minimum absolute atomic E-state index is 0.173. The molecular weight excluding hydrogens is 292 g/mol. The number of aromatic nitrogens is 1. The number of aryl methyl sites for hydroxylation is 1. The van der Waals surface area contributed by atoms with Crippen LogP contribution in [0.4, 0.5) is 4.79 Å². The number of hydrogen-bond donors (Lipinski definition) is 2. The van der Waals surface area contributed by atoms with Crippen LogP contribution in [0.15, 0.2) is 18.2 Å². The van der Waals surface area contributed by atoms with E-state index in [1.165, 1.54) is 0 Å². The highest BCUT2D eigenvalue weighted by molar-refractivity contribution is 5.67. The van der Waals surface area contributed by atoms with Crippen LogP contribution < -0.4 is 11.1 Å². The van der Waals surface area contributed by atoms with Crippen molar-refractivity contribution in [3.63, 3.8) is 0 Å². The third-order valence-corrected chi connectivity index (χ3v) is 3.40. The lowest BCUT2D eigenvalue weighted by Crippen LogP contribution is -2.41. The number of ether oxygens (including phenoxy) is 1. The Kier molecular flexibility index (Phi) is 7.45. The van der Waals surface area contributed by atoms with Gasteiger partial charge in [-0.05, 0) is 53.3 Å². The molecule has 1 rings (SSSR count). The molecule has 0 fully saturated rings. The van der Waals surface area contributed by atoms with Gasteiger partial charge in [0, 0.05) is 31.4 Å². The van der Waals surface area contributed by atoms with Crippen LogP contribution in [-0.2, 0) is 11.3 Å². The molecule has 1 amide bonds. The molecule has 0 radical (unpaired) electrons. The fraction of sp³-hybridized carbons (Fsp3) is 0.647. The van der Waals surface area contributed by atoms with E-state index in [0.717, 1.165) is 24.4 Å². The van der Waals surface area contributed by atoms with Crippen molar-refractivity contribution in [3.8, 4) is 0 Å². The number of alkyl carbamates (subject to hydrolysis) is 1. The third kappa shape index (κ3) is 7.95. The predicted octanol–water partition coefficient (Wildman–Crippen LogP) is 2.06. The minimum Gasteiger partial charge on any atom is -0.444 e. The Morgan fingerprint density at radius 1 is 1.43 bits per heavy atom. The van der Waals surface area contributed by atoms with E-state index in [4.69, 9.17) is 10.5 Å². The average Bonchev–Trinajstić information content (AvgIpc) is 2.41. The molecule has 6 heteroatoms. The van der Waals surface area contributed by atoms with Crippen LogP contribution in [0.2, 0.25) is 0 Å². The number of likely N-dealkylation sites (N-methyl/N-ethyl adjacent to an activating group) is 1. The zero-order chi connectivity index (χ0) is 17.5. The molecule has 23 heavy (non-hydrogen) atoms. The molecular formula is C17H30N4O2. The van der Waals surface area contributed by atoms with E-state index < -0.39 is 11.7 Å². The topological polar surface area (TPSA) is 80.5 Å². The van der Waals surface area contributed by atoms with Gasteiger partial charge in [0.25, 0.3) is 0 Å². The Bertz CT molecular complexity index is 500. The van der Waals surface area contributed by atoms with Gasteiger partial charge in [0.2, 0.25) is 0 Å². The van der Waals surface area contributed by atoms with Crippen molar-refractivity contribution in [2.75, 3.05) is 20.1 Å². The van der Waals surface area contributed by atoms with Crippen LogP contribution in [0, 0.1) is 6.92 Å². The predicted molar refractivity (Wildman–Crippen MR) is 92.1 cm³/mol. The van der Waals surface area contributed by atoms with Gasteiger partial charge in [-0.3, -0.25) is 9.88 Å². The van der Waals surface area contributed by atoms with Crippen molar-refractivity contribution in [1.82, 2.24) is 15.2 Å². The molecule has 0 saturated carbocycles. The number of carbonyl (C=O) groups excluding carboxylic acids is 1. The molecule has 3 N–H and O–H groups in total. The smallest absolute Gasteiger partial charge is 0.407 e. The molecule has 0 spiro atoms. The second-order valence-electron chi connectivity index (χ2n) is 6.79. The quantitative estimate of drug-likeness (QED) is 0.803. The molecule has 1 unspecified atom stereocenters. The van der Waals surface area contributed by atoms with Crippen molar-refractivity contribution >= 4 is 6.09 Å². The first-order valence-corrected chi connectivity index (χ1v) is 8.01. The molecule has 130 valence electrons. The first-order chi connectivity index (χ1) is 10.7. The fourth-order valence-electron chi connectivity index (χ4n) is 2.25. The van der Waals surface area contributed by atoms with Gasteiger partial charge in [0.15, 0.2) is 0 Å². The molecule has 1 atom stereocenters. The Morgan fingerprint density at radius 3 is 2.70 bits per heavy atom. The standard InChI is InChI=1S/C17H30N4O2/c1-13-7-6-8-14(20-13)12-21(5)15(11-18)9-10-19-16(22)23-17(2,3)4/h6-8,15H,9-12,18H2,1-5H3,(H,19,22). The molecule has 6 nitrogen and oxygen atoms in total. The monoisotopic (exact) mass is 322 g/mol. The normalized spacial score (nSPS) is 13.0. The summed E-state index contributed by atoms with van der Waals surface area (Å²) in [6, 6.07) is 6.17. The maximum Gasteiger partial charge on any atom is 0.407 e. The maximum atomic E-state index is 11.6. The number of amides is 1. The Hall–Kier alpha value is -1.66. The first-order valence-electron chi connectivity index (χ1n) is 8.01. The van der Waals surface area contributed by atoms with E-state index in [-0.39, 0.29) is 6.04 Å². The average molecular weight is 322 g/mol. The van der Waals surface area contributed by atoms with Crippen molar-refractivity contribution in [2.24, 2.45) is 5.73 Å². The molecule has 0 aliphatic carbocycles. The van der Waals surface area contributed by atoms with Gasteiger partial charge in [-0.1, -0.05) is 6.07 Å². The number of hydrogen-bond acceptors (Lipinski definition) is 5. The minimum atomic E-state index is -0.481. The number of nitrogens with one attached hydrogen (secondary N) is 1. The van der Waals surface area contributed by atoms with Crippen LogP contribution in [0.3, 0.4) is 0 Å². The lowest BCUT2D eigenvalue weighted by Gasteiger charge is -2.27. The van der Waals surface area contributed by atoms with Gasteiger partial charge in [-0.25, -0.2) is 4.79 Å². The van der Waals surface area contributed by atoms with Crippen LogP contribution in [0.1, 0.15) is 38.6 Å². The summed E-state index contributed by atoms with van der Waals surface area (Å²) in [5.74, 6) is 0. The Morgan fingerprint density at radius 2 is 2.13 bits per heavy atom. The lowest BCUT2D eigenvalue weighted by molar-refractivity contribution is 0.0522. The highest BCUT2D eigenvalue weighted by Crippen LogP contribution is 2.08. The first kappa shape index (κ1) is 19.4. The second kappa shape index (κ2) is 8.84. The van der Waals surface area contributed by atoms with Crippen LogP contribution in [0.5, 0.6) is 0 Å². The molecule has 0 aliphatic rings. The third-order valence-electron chi connectivity index (χ3n) is 3.40. The highest BCUT2D eigenvalue weighted by Gasteiger charge is 2.17. The van der Waals surface area contributed by atoms with E-state index in [1.54, 1.807) is 0 Å². The Labute approximate surface area is 139 Å². The van der Waals surface area contributed by atoms with Crippen molar-refractivity contribution in [2.45, 2.75) is 52.3 Å². The number of nitrogens with two attached hydrogens (primary N) is 1. The largest absolute Gasteiger partial charge is 0.444 e.